The second kappa shape index (κ2) is 7.14. The predicted octanol–water partition coefficient (Wildman–Crippen LogP) is 3.65. The van der Waals surface area contributed by atoms with Gasteiger partial charge in [0.25, 0.3) is 0 Å². The van der Waals surface area contributed by atoms with Crippen molar-refractivity contribution in [3.63, 3.8) is 0 Å². The highest BCUT2D eigenvalue weighted by Crippen LogP contribution is 2.35. The Morgan fingerprint density at radius 1 is 1.32 bits per heavy atom. The van der Waals surface area contributed by atoms with Gasteiger partial charge in [-0.15, -0.1) is 0 Å². The SMILES string of the molecule is CC(=O)N(CC(=O)Nc1cc(C)on1)c1cc(C(F)(F)F)ccc1Cl. The Hall–Kier alpha value is -2.55. The van der Waals surface area contributed by atoms with Crippen LogP contribution in [0.3, 0.4) is 0 Å². The number of anilines is 2. The van der Waals surface area contributed by atoms with Gasteiger partial charge < -0.3 is 14.7 Å². The summed E-state index contributed by atoms with van der Waals surface area (Å²) in [5.74, 6) is -0.731. The molecule has 0 radical (unpaired) electrons. The molecule has 0 saturated heterocycles. The zero-order valence-corrected chi connectivity index (χ0v) is 13.9. The van der Waals surface area contributed by atoms with Crippen LogP contribution >= 0.6 is 11.6 Å². The lowest BCUT2D eigenvalue weighted by atomic mass is 10.1. The smallest absolute Gasteiger partial charge is 0.360 e. The average molecular weight is 376 g/mol. The first kappa shape index (κ1) is 18.8. The van der Waals surface area contributed by atoms with Crippen molar-refractivity contribution in [3.05, 3.63) is 40.6 Å². The Kier molecular flexibility index (Phi) is 5.36. The lowest BCUT2D eigenvalue weighted by molar-refractivity contribution is -0.137. The van der Waals surface area contributed by atoms with Gasteiger partial charge in [-0.2, -0.15) is 13.2 Å². The van der Waals surface area contributed by atoms with Gasteiger partial charge in [0.15, 0.2) is 5.82 Å². The molecule has 6 nitrogen and oxygen atoms in total. The van der Waals surface area contributed by atoms with E-state index >= 15 is 0 Å². The Balaban J connectivity index is 2.26. The molecule has 134 valence electrons. The molecule has 1 aromatic carbocycles. The van der Waals surface area contributed by atoms with Gasteiger partial charge in [0.2, 0.25) is 11.8 Å². The molecule has 0 atom stereocenters. The molecule has 0 aliphatic carbocycles. The van der Waals surface area contributed by atoms with Crippen molar-refractivity contribution in [1.29, 1.82) is 0 Å². The van der Waals surface area contributed by atoms with E-state index in [0.717, 1.165) is 30.0 Å². The van der Waals surface area contributed by atoms with Crippen molar-refractivity contribution >= 4 is 34.9 Å². The van der Waals surface area contributed by atoms with Crippen molar-refractivity contribution in [2.75, 3.05) is 16.8 Å². The van der Waals surface area contributed by atoms with Crippen LogP contribution in [-0.4, -0.2) is 23.5 Å². The second-order valence-corrected chi connectivity index (χ2v) is 5.55. The van der Waals surface area contributed by atoms with Crippen molar-refractivity contribution < 1.29 is 27.3 Å². The van der Waals surface area contributed by atoms with Gasteiger partial charge in [-0.25, -0.2) is 0 Å². The standard InChI is InChI=1S/C15H13ClF3N3O3/c1-8-5-13(21-25-8)20-14(24)7-22(9(2)23)12-6-10(15(17,18)19)3-4-11(12)16/h3-6H,7H2,1-2H3,(H,20,21,24). The number of hydrogen-bond acceptors (Lipinski definition) is 4. The highest BCUT2D eigenvalue weighted by Gasteiger charge is 2.32. The molecule has 1 heterocycles. The molecule has 10 heteroatoms. The fourth-order valence-electron chi connectivity index (χ4n) is 2.01. The number of hydrogen-bond donors (Lipinski definition) is 1. The zero-order valence-electron chi connectivity index (χ0n) is 13.1. The van der Waals surface area contributed by atoms with Crippen LogP contribution in [0.25, 0.3) is 0 Å². The van der Waals surface area contributed by atoms with E-state index in [0.29, 0.717) is 5.76 Å². The van der Waals surface area contributed by atoms with E-state index < -0.39 is 30.1 Å². The highest BCUT2D eigenvalue weighted by atomic mass is 35.5. The van der Waals surface area contributed by atoms with Gasteiger partial charge in [0, 0.05) is 13.0 Å². The summed E-state index contributed by atoms with van der Waals surface area (Å²) in [6, 6.07) is 3.99. The first-order valence-corrected chi connectivity index (χ1v) is 7.33. The molecule has 2 rings (SSSR count). The third-order valence-corrected chi connectivity index (χ3v) is 3.46. The Morgan fingerprint density at radius 2 is 2.00 bits per heavy atom. The molecule has 0 fully saturated rings. The van der Waals surface area contributed by atoms with Crippen LogP contribution < -0.4 is 10.2 Å². The van der Waals surface area contributed by atoms with E-state index in [1.165, 1.54) is 6.07 Å². The Labute approximate surface area is 145 Å². The van der Waals surface area contributed by atoms with Crippen LogP contribution in [0.4, 0.5) is 24.7 Å². The van der Waals surface area contributed by atoms with Gasteiger partial charge in [-0.05, 0) is 25.1 Å². The number of nitrogens with zero attached hydrogens (tertiary/aromatic N) is 2. The molecule has 0 saturated carbocycles. The van der Waals surface area contributed by atoms with E-state index in [-0.39, 0.29) is 16.5 Å². The Morgan fingerprint density at radius 3 is 2.52 bits per heavy atom. The molecule has 0 aliphatic heterocycles. The quantitative estimate of drug-likeness (QED) is 0.885. The predicted molar refractivity (Wildman–Crippen MR) is 84.4 cm³/mol. The zero-order chi connectivity index (χ0) is 18.8. The van der Waals surface area contributed by atoms with Crippen molar-refractivity contribution in [2.45, 2.75) is 20.0 Å². The number of alkyl halides is 3. The number of aryl methyl sites for hydroxylation is 1. The van der Waals surface area contributed by atoms with Crippen LogP contribution in [0.2, 0.25) is 5.02 Å². The lowest BCUT2D eigenvalue weighted by Gasteiger charge is -2.22. The summed E-state index contributed by atoms with van der Waals surface area (Å²) in [6.07, 6.45) is -4.61. The number of nitrogens with one attached hydrogen (secondary N) is 1. The van der Waals surface area contributed by atoms with Crippen LogP contribution in [0.1, 0.15) is 18.2 Å². The van der Waals surface area contributed by atoms with Gasteiger partial charge >= 0.3 is 6.18 Å². The number of carbonyl (C=O) groups excluding carboxylic acids is 2. The molecule has 0 spiro atoms. The first-order chi connectivity index (χ1) is 11.6. The lowest BCUT2D eigenvalue weighted by Crippen LogP contribution is -2.37. The fraction of sp³-hybridized carbons (Fsp3) is 0.267. The normalized spacial score (nSPS) is 11.3. The molecule has 2 aromatic rings. The summed E-state index contributed by atoms with van der Waals surface area (Å²) in [5, 5.41) is 5.85. The molecule has 0 unspecified atom stereocenters. The van der Waals surface area contributed by atoms with Gasteiger partial charge in [0.05, 0.1) is 16.3 Å². The summed E-state index contributed by atoms with van der Waals surface area (Å²) in [5.41, 5.74) is -1.19. The number of aromatic nitrogens is 1. The molecular weight excluding hydrogens is 363 g/mol. The molecule has 25 heavy (non-hydrogen) atoms. The van der Waals surface area contributed by atoms with Crippen LogP contribution in [0, 0.1) is 6.92 Å². The second-order valence-electron chi connectivity index (χ2n) is 5.14. The minimum absolute atomic E-state index is 0.0896. The van der Waals surface area contributed by atoms with Crippen molar-refractivity contribution in [1.82, 2.24) is 5.16 Å². The molecule has 1 N–H and O–H groups in total. The number of carbonyl (C=O) groups is 2. The largest absolute Gasteiger partial charge is 0.416 e. The molecule has 1 aromatic heterocycles. The number of amides is 2. The third kappa shape index (κ3) is 4.72. The maximum absolute atomic E-state index is 12.9. The topological polar surface area (TPSA) is 75.4 Å². The number of rotatable bonds is 4. The van der Waals surface area contributed by atoms with Crippen LogP contribution in [0.15, 0.2) is 28.8 Å². The summed E-state index contributed by atoms with van der Waals surface area (Å²) >= 11 is 5.91. The molecule has 2 amide bonds. The average Bonchev–Trinajstić information content (AvgIpc) is 2.89. The molecule has 0 aliphatic rings. The van der Waals surface area contributed by atoms with Gasteiger partial charge in [-0.1, -0.05) is 16.8 Å². The maximum atomic E-state index is 12.9. The van der Waals surface area contributed by atoms with Crippen LogP contribution in [0.5, 0.6) is 0 Å². The van der Waals surface area contributed by atoms with Crippen molar-refractivity contribution in [3.8, 4) is 0 Å². The van der Waals surface area contributed by atoms with E-state index in [1.54, 1.807) is 6.92 Å². The van der Waals surface area contributed by atoms with Gasteiger partial charge in [-0.3, -0.25) is 9.59 Å². The fourth-order valence-corrected chi connectivity index (χ4v) is 2.23. The minimum atomic E-state index is -4.61. The maximum Gasteiger partial charge on any atom is 0.416 e. The Bertz CT molecular complexity index is 805. The summed E-state index contributed by atoms with van der Waals surface area (Å²) < 4.78 is 43.4. The third-order valence-electron chi connectivity index (χ3n) is 3.14. The summed E-state index contributed by atoms with van der Waals surface area (Å²) in [6.45, 7) is 2.19. The van der Waals surface area contributed by atoms with E-state index in [1.807, 2.05) is 0 Å². The highest BCUT2D eigenvalue weighted by molar-refractivity contribution is 6.34. The van der Waals surface area contributed by atoms with E-state index in [4.69, 9.17) is 16.1 Å². The first-order valence-electron chi connectivity index (χ1n) is 6.96. The summed E-state index contributed by atoms with van der Waals surface area (Å²) in [7, 11) is 0. The molecular formula is C15H13ClF3N3O3. The van der Waals surface area contributed by atoms with Gasteiger partial charge in [0.1, 0.15) is 12.3 Å². The van der Waals surface area contributed by atoms with Crippen LogP contribution in [-0.2, 0) is 15.8 Å². The minimum Gasteiger partial charge on any atom is -0.360 e. The van der Waals surface area contributed by atoms with E-state index in [2.05, 4.69) is 10.5 Å². The van der Waals surface area contributed by atoms with Crippen molar-refractivity contribution in [2.24, 2.45) is 0 Å². The monoisotopic (exact) mass is 375 g/mol. The number of halogens is 4. The molecule has 0 bridgehead atoms. The van der Waals surface area contributed by atoms with E-state index in [9.17, 15) is 22.8 Å². The number of benzene rings is 1. The summed E-state index contributed by atoms with van der Waals surface area (Å²) in [4.78, 5) is 24.7.